The van der Waals surface area contributed by atoms with Gasteiger partial charge in [-0.3, -0.25) is 4.99 Å². The smallest absolute Gasteiger partial charge is 0.127 e. The first-order valence-corrected chi connectivity index (χ1v) is 6.19. The summed E-state index contributed by atoms with van der Waals surface area (Å²) in [5.74, 6) is 1.58. The number of phenolic OH excluding ortho intramolecular Hbond substituents is 1. The molecule has 0 atom stereocenters. The zero-order valence-electron chi connectivity index (χ0n) is 11.8. The van der Waals surface area contributed by atoms with Crippen LogP contribution in [0, 0.1) is 6.92 Å². The van der Waals surface area contributed by atoms with Crippen molar-refractivity contribution >= 4 is 11.9 Å². The number of rotatable bonds is 4. The third-order valence-electron chi connectivity index (χ3n) is 2.96. The van der Waals surface area contributed by atoms with Gasteiger partial charge in [0.25, 0.3) is 0 Å². The van der Waals surface area contributed by atoms with Gasteiger partial charge >= 0.3 is 0 Å². The lowest BCUT2D eigenvalue weighted by Gasteiger charge is -2.06. The van der Waals surface area contributed by atoms with Crippen LogP contribution in [-0.4, -0.2) is 25.5 Å². The summed E-state index contributed by atoms with van der Waals surface area (Å²) in [4.78, 5) is 4.35. The first-order valence-electron chi connectivity index (χ1n) is 6.19. The molecular weight excluding hydrogens is 254 g/mol. The average Bonchev–Trinajstić information content (AvgIpc) is 2.48. The molecule has 0 saturated heterocycles. The molecule has 2 rings (SSSR count). The summed E-state index contributed by atoms with van der Waals surface area (Å²) >= 11 is 0. The molecule has 0 saturated carbocycles. The van der Waals surface area contributed by atoms with E-state index in [9.17, 15) is 5.11 Å². The Labute approximate surface area is 118 Å². The van der Waals surface area contributed by atoms with Gasteiger partial charge in [-0.2, -0.15) is 0 Å². The number of aryl methyl sites for hydroxylation is 1. The third-order valence-corrected chi connectivity index (χ3v) is 2.96. The lowest BCUT2D eigenvalue weighted by molar-refractivity contribution is 0.394. The Morgan fingerprint density at radius 1 is 1.05 bits per heavy atom. The molecule has 0 aliphatic rings. The normalized spacial score (nSPS) is 10.8. The number of phenols is 1. The number of para-hydroxylation sites is 1. The quantitative estimate of drug-likeness (QED) is 0.866. The van der Waals surface area contributed by atoms with E-state index in [2.05, 4.69) is 4.99 Å². The van der Waals surface area contributed by atoms with Crippen LogP contribution in [-0.2, 0) is 0 Å². The minimum Gasteiger partial charge on any atom is -0.507 e. The monoisotopic (exact) mass is 271 g/mol. The van der Waals surface area contributed by atoms with E-state index in [-0.39, 0.29) is 5.75 Å². The highest BCUT2D eigenvalue weighted by Crippen LogP contribution is 2.28. The van der Waals surface area contributed by atoms with E-state index < -0.39 is 0 Å². The number of hydrogen-bond donors (Lipinski definition) is 1. The Kier molecular flexibility index (Phi) is 4.25. The summed E-state index contributed by atoms with van der Waals surface area (Å²) in [7, 11) is 3.18. The summed E-state index contributed by atoms with van der Waals surface area (Å²) in [5.41, 5.74) is 2.19. The van der Waals surface area contributed by atoms with Crippen molar-refractivity contribution in [1.29, 1.82) is 0 Å². The minimum absolute atomic E-state index is 0.242. The first kappa shape index (κ1) is 13.9. The number of methoxy groups -OCH3 is 2. The van der Waals surface area contributed by atoms with Crippen LogP contribution in [0.4, 0.5) is 5.69 Å². The van der Waals surface area contributed by atoms with Crippen molar-refractivity contribution in [1.82, 2.24) is 0 Å². The van der Waals surface area contributed by atoms with Crippen LogP contribution < -0.4 is 9.47 Å². The molecule has 0 aromatic heterocycles. The van der Waals surface area contributed by atoms with Gasteiger partial charge in [0.2, 0.25) is 0 Å². The fourth-order valence-corrected chi connectivity index (χ4v) is 1.80. The topological polar surface area (TPSA) is 51.0 Å². The molecule has 0 unspecified atom stereocenters. The molecule has 0 aliphatic carbocycles. The SMILES string of the molecule is COc1cc(N=Cc2cccc(C)c2O)cc(OC)c1. The van der Waals surface area contributed by atoms with Crippen molar-refractivity contribution in [2.75, 3.05) is 14.2 Å². The number of aliphatic imine (C=N–C) groups is 1. The van der Waals surface area contributed by atoms with Crippen LogP contribution in [0.5, 0.6) is 17.2 Å². The Morgan fingerprint density at radius 3 is 2.30 bits per heavy atom. The summed E-state index contributed by atoms with van der Waals surface area (Å²) in [5, 5.41) is 9.94. The van der Waals surface area contributed by atoms with Crippen molar-refractivity contribution in [2.24, 2.45) is 4.99 Å². The molecule has 4 heteroatoms. The zero-order chi connectivity index (χ0) is 14.5. The molecule has 0 fully saturated rings. The molecule has 2 aromatic rings. The molecule has 1 N–H and O–H groups in total. The molecule has 4 nitrogen and oxygen atoms in total. The fraction of sp³-hybridized carbons (Fsp3) is 0.188. The van der Waals surface area contributed by atoms with E-state index in [0.29, 0.717) is 22.7 Å². The number of nitrogens with zero attached hydrogens (tertiary/aromatic N) is 1. The average molecular weight is 271 g/mol. The molecular formula is C16H17NO3. The van der Waals surface area contributed by atoms with Gasteiger partial charge in [-0.25, -0.2) is 0 Å². The second kappa shape index (κ2) is 6.10. The molecule has 0 aliphatic heterocycles. The Bertz CT molecular complexity index is 613. The second-order valence-corrected chi connectivity index (χ2v) is 4.34. The molecule has 20 heavy (non-hydrogen) atoms. The molecule has 2 aromatic carbocycles. The highest BCUT2D eigenvalue weighted by Gasteiger charge is 2.02. The number of benzene rings is 2. The van der Waals surface area contributed by atoms with Gasteiger partial charge < -0.3 is 14.6 Å². The van der Waals surface area contributed by atoms with Crippen molar-refractivity contribution < 1.29 is 14.6 Å². The molecule has 0 spiro atoms. The molecule has 104 valence electrons. The predicted molar refractivity (Wildman–Crippen MR) is 79.6 cm³/mol. The van der Waals surface area contributed by atoms with E-state index in [1.165, 1.54) is 0 Å². The molecule has 0 amide bonds. The van der Waals surface area contributed by atoms with Gasteiger partial charge in [0.05, 0.1) is 19.9 Å². The zero-order valence-corrected chi connectivity index (χ0v) is 11.8. The Hall–Kier alpha value is -2.49. The maximum absolute atomic E-state index is 9.94. The van der Waals surface area contributed by atoms with Gasteiger partial charge in [0, 0.05) is 30.0 Å². The van der Waals surface area contributed by atoms with Crippen LogP contribution in [0.2, 0.25) is 0 Å². The van der Waals surface area contributed by atoms with Crippen LogP contribution in [0.15, 0.2) is 41.4 Å². The van der Waals surface area contributed by atoms with Gasteiger partial charge in [-0.1, -0.05) is 12.1 Å². The Morgan fingerprint density at radius 2 is 1.70 bits per heavy atom. The van der Waals surface area contributed by atoms with E-state index in [1.54, 1.807) is 38.6 Å². The second-order valence-electron chi connectivity index (χ2n) is 4.34. The van der Waals surface area contributed by atoms with Gasteiger partial charge in [0.1, 0.15) is 17.2 Å². The van der Waals surface area contributed by atoms with Gasteiger partial charge in [-0.05, 0) is 18.6 Å². The van der Waals surface area contributed by atoms with E-state index in [0.717, 1.165) is 5.56 Å². The standard InChI is InChI=1S/C16H17NO3/c1-11-5-4-6-12(16(11)18)10-17-13-7-14(19-2)9-15(8-13)20-3/h4-10,18H,1-3H3. The lowest BCUT2D eigenvalue weighted by atomic mass is 10.1. The van der Waals surface area contributed by atoms with E-state index >= 15 is 0 Å². The van der Waals surface area contributed by atoms with Crippen molar-refractivity contribution in [3.05, 3.63) is 47.5 Å². The maximum atomic E-state index is 9.94. The van der Waals surface area contributed by atoms with E-state index in [1.807, 2.05) is 25.1 Å². The molecule has 0 radical (unpaired) electrons. The van der Waals surface area contributed by atoms with Crippen LogP contribution in [0.1, 0.15) is 11.1 Å². The van der Waals surface area contributed by atoms with Crippen molar-refractivity contribution in [2.45, 2.75) is 6.92 Å². The van der Waals surface area contributed by atoms with Crippen molar-refractivity contribution in [3.8, 4) is 17.2 Å². The highest BCUT2D eigenvalue weighted by atomic mass is 16.5. The van der Waals surface area contributed by atoms with Gasteiger partial charge in [0.15, 0.2) is 0 Å². The largest absolute Gasteiger partial charge is 0.507 e. The highest BCUT2D eigenvalue weighted by molar-refractivity contribution is 5.86. The third kappa shape index (κ3) is 3.09. The fourth-order valence-electron chi connectivity index (χ4n) is 1.80. The summed E-state index contributed by atoms with van der Waals surface area (Å²) in [6.07, 6.45) is 1.62. The lowest BCUT2D eigenvalue weighted by Crippen LogP contribution is -1.87. The molecule has 0 bridgehead atoms. The summed E-state index contributed by atoms with van der Waals surface area (Å²) in [6.45, 7) is 1.85. The summed E-state index contributed by atoms with van der Waals surface area (Å²) in [6, 6.07) is 10.9. The Balaban J connectivity index is 2.33. The predicted octanol–water partition coefficient (Wildman–Crippen LogP) is 3.47. The summed E-state index contributed by atoms with van der Waals surface area (Å²) < 4.78 is 10.4. The van der Waals surface area contributed by atoms with Crippen LogP contribution in [0.3, 0.4) is 0 Å². The van der Waals surface area contributed by atoms with Crippen molar-refractivity contribution in [3.63, 3.8) is 0 Å². The van der Waals surface area contributed by atoms with Crippen LogP contribution >= 0.6 is 0 Å². The number of hydrogen-bond acceptors (Lipinski definition) is 4. The van der Waals surface area contributed by atoms with E-state index in [4.69, 9.17) is 9.47 Å². The number of aromatic hydroxyl groups is 1. The molecule has 0 heterocycles. The maximum Gasteiger partial charge on any atom is 0.127 e. The van der Waals surface area contributed by atoms with Crippen LogP contribution in [0.25, 0.3) is 0 Å². The van der Waals surface area contributed by atoms with Gasteiger partial charge in [-0.15, -0.1) is 0 Å². The number of ether oxygens (including phenoxy) is 2. The minimum atomic E-state index is 0.242. The first-order chi connectivity index (χ1) is 9.63.